The Morgan fingerprint density at radius 1 is 0.233 bits per heavy atom. The first-order chi connectivity index (χ1) is 29.3. The Bertz CT molecular complexity index is 2360. The molecule has 300 valence electrons. The van der Waals surface area contributed by atoms with Crippen LogP contribution in [-0.2, 0) is 25.7 Å². The maximum atomic E-state index is 5.84. The van der Waals surface area contributed by atoms with Crippen LogP contribution in [0.2, 0.25) is 0 Å². The molecule has 0 atom stereocenters. The molecule has 0 heterocycles. The van der Waals surface area contributed by atoms with Gasteiger partial charge in [0.1, 0.15) is 46.0 Å². The molecule has 8 rings (SSSR count). The van der Waals surface area contributed by atoms with E-state index in [0.717, 1.165) is 83.1 Å². The number of aryl methyl sites for hydroxylation is 4. The third kappa shape index (κ3) is 12.6. The average Bonchev–Trinajstić information content (AvgIpc) is 3.26. The minimum absolute atomic E-state index is 0.688. The third-order valence-corrected chi connectivity index (χ3v) is 9.52. The molecule has 0 aliphatic rings. The summed E-state index contributed by atoms with van der Waals surface area (Å²) in [6, 6.07) is 62.4. The van der Waals surface area contributed by atoms with Crippen LogP contribution in [0.5, 0.6) is 46.0 Å². The zero-order chi connectivity index (χ0) is 41.5. The molecule has 0 fully saturated rings. The van der Waals surface area contributed by atoms with Crippen LogP contribution in [0.1, 0.15) is 22.3 Å². The van der Waals surface area contributed by atoms with Gasteiger partial charge in [0.05, 0.1) is 0 Å². The SMILES string of the molecule is Nc1ccc(Oc2ccc(CCc3ccc(Oc4ccc(N)cc4)cc3)cc2)cc1.Nc1cccc(Oc2ccc(CCc3ccc(Oc4cccc(N)c4)cc3)cc2)c1. The quantitative estimate of drug-likeness (QED) is 0.0798. The van der Waals surface area contributed by atoms with Crippen molar-refractivity contribution in [2.24, 2.45) is 0 Å². The normalized spacial score (nSPS) is 10.5. The second kappa shape index (κ2) is 20.0. The van der Waals surface area contributed by atoms with Gasteiger partial charge in [-0.3, -0.25) is 0 Å². The molecular formula is C52H48N4O4. The largest absolute Gasteiger partial charge is 0.457 e. The van der Waals surface area contributed by atoms with Crippen LogP contribution in [0.3, 0.4) is 0 Å². The summed E-state index contributed by atoms with van der Waals surface area (Å²) in [6.07, 6.45) is 3.82. The molecule has 8 N–H and O–H groups in total. The van der Waals surface area contributed by atoms with Crippen molar-refractivity contribution in [3.63, 3.8) is 0 Å². The molecule has 8 heteroatoms. The summed E-state index contributed by atoms with van der Waals surface area (Å²) in [4.78, 5) is 0. The molecule has 0 unspecified atom stereocenters. The lowest BCUT2D eigenvalue weighted by Gasteiger charge is -2.09. The Hall–Kier alpha value is -7.84. The molecule has 0 amide bonds. The molecule has 8 aromatic rings. The van der Waals surface area contributed by atoms with Crippen LogP contribution >= 0.6 is 0 Å². The van der Waals surface area contributed by atoms with E-state index in [2.05, 4.69) is 48.5 Å². The van der Waals surface area contributed by atoms with E-state index in [1.165, 1.54) is 22.3 Å². The highest BCUT2D eigenvalue weighted by atomic mass is 16.5. The van der Waals surface area contributed by atoms with Crippen molar-refractivity contribution >= 4 is 22.7 Å². The van der Waals surface area contributed by atoms with E-state index in [9.17, 15) is 0 Å². The fraction of sp³-hybridized carbons (Fsp3) is 0.0769. The highest BCUT2D eigenvalue weighted by molar-refractivity contribution is 5.48. The summed E-state index contributed by atoms with van der Waals surface area (Å²) in [5.41, 5.74) is 30.9. The van der Waals surface area contributed by atoms with E-state index >= 15 is 0 Å². The monoisotopic (exact) mass is 792 g/mol. The number of nitrogens with two attached hydrogens (primary N) is 4. The predicted octanol–water partition coefficient (Wildman–Crippen LogP) is 12.4. The van der Waals surface area contributed by atoms with Gasteiger partial charge in [-0.1, -0.05) is 60.7 Å². The van der Waals surface area contributed by atoms with E-state index in [0.29, 0.717) is 11.4 Å². The maximum absolute atomic E-state index is 5.84. The first-order valence-corrected chi connectivity index (χ1v) is 19.8. The van der Waals surface area contributed by atoms with Crippen molar-refractivity contribution in [2.75, 3.05) is 22.9 Å². The molecular weight excluding hydrogens is 745 g/mol. The van der Waals surface area contributed by atoms with Crippen molar-refractivity contribution in [3.05, 3.63) is 216 Å². The topological polar surface area (TPSA) is 141 Å². The Morgan fingerprint density at radius 2 is 0.467 bits per heavy atom. The summed E-state index contributed by atoms with van der Waals surface area (Å²) in [6.45, 7) is 0. The lowest BCUT2D eigenvalue weighted by molar-refractivity contribution is 0.482. The highest BCUT2D eigenvalue weighted by Gasteiger charge is 2.04. The molecule has 0 aliphatic heterocycles. The van der Waals surface area contributed by atoms with E-state index in [1.807, 2.05) is 146 Å². The standard InChI is InChI=1S/2C26H24N2O2/c27-21-3-1-5-25(17-21)29-23-13-9-19(10-14-23)7-8-20-11-15-24(16-12-20)30-26-6-2-4-22(28)18-26;27-21-7-15-25(16-8-21)29-23-11-3-19(4-12-23)1-2-20-5-13-24(14-6-20)30-26-17-9-22(28)10-18-26/h1-6,9-18H,7-8,27-28H2;3-18H,1-2,27-28H2. The van der Waals surface area contributed by atoms with Gasteiger partial charge < -0.3 is 41.9 Å². The lowest BCUT2D eigenvalue weighted by Crippen LogP contribution is -1.93. The van der Waals surface area contributed by atoms with Crippen molar-refractivity contribution in [1.29, 1.82) is 0 Å². The van der Waals surface area contributed by atoms with Gasteiger partial charge in [0, 0.05) is 34.9 Å². The van der Waals surface area contributed by atoms with Gasteiger partial charge in [-0.15, -0.1) is 0 Å². The molecule has 0 saturated heterocycles. The minimum atomic E-state index is 0.688. The molecule has 0 bridgehead atoms. The molecule has 0 radical (unpaired) electrons. The fourth-order valence-electron chi connectivity index (χ4n) is 6.25. The molecule has 0 saturated carbocycles. The summed E-state index contributed by atoms with van der Waals surface area (Å²) in [5.74, 6) is 6.25. The Labute approximate surface area is 351 Å². The van der Waals surface area contributed by atoms with E-state index in [4.69, 9.17) is 41.9 Å². The summed E-state index contributed by atoms with van der Waals surface area (Å²) < 4.78 is 23.4. The van der Waals surface area contributed by atoms with Crippen molar-refractivity contribution in [3.8, 4) is 46.0 Å². The number of anilines is 4. The Balaban J connectivity index is 0.000000181. The number of benzene rings is 8. The van der Waals surface area contributed by atoms with Crippen LogP contribution in [0.4, 0.5) is 22.7 Å². The van der Waals surface area contributed by atoms with E-state index < -0.39 is 0 Å². The first-order valence-electron chi connectivity index (χ1n) is 19.8. The fourth-order valence-corrected chi connectivity index (χ4v) is 6.25. The molecule has 8 aromatic carbocycles. The first kappa shape index (κ1) is 40.4. The lowest BCUT2D eigenvalue weighted by atomic mass is 10.0. The van der Waals surface area contributed by atoms with Crippen LogP contribution in [0.25, 0.3) is 0 Å². The average molecular weight is 793 g/mol. The zero-order valence-electron chi connectivity index (χ0n) is 33.2. The second-order valence-electron chi connectivity index (χ2n) is 14.3. The van der Waals surface area contributed by atoms with Crippen LogP contribution < -0.4 is 41.9 Å². The summed E-state index contributed by atoms with van der Waals surface area (Å²) in [5, 5.41) is 0. The van der Waals surface area contributed by atoms with Gasteiger partial charge in [0.2, 0.25) is 0 Å². The van der Waals surface area contributed by atoms with Crippen LogP contribution in [-0.4, -0.2) is 0 Å². The van der Waals surface area contributed by atoms with Gasteiger partial charge in [-0.25, -0.2) is 0 Å². The maximum Gasteiger partial charge on any atom is 0.129 e. The number of nitrogen functional groups attached to an aromatic ring is 4. The van der Waals surface area contributed by atoms with Gasteiger partial charge in [0.15, 0.2) is 0 Å². The smallest absolute Gasteiger partial charge is 0.129 e. The Kier molecular flexibility index (Phi) is 13.5. The van der Waals surface area contributed by atoms with E-state index in [1.54, 1.807) is 0 Å². The van der Waals surface area contributed by atoms with E-state index in [-0.39, 0.29) is 0 Å². The number of hydrogen-bond donors (Lipinski definition) is 4. The number of rotatable bonds is 14. The minimum Gasteiger partial charge on any atom is -0.457 e. The van der Waals surface area contributed by atoms with Crippen molar-refractivity contribution < 1.29 is 18.9 Å². The molecule has 0 spiro atoms. The van der Waals surface area contributed by atoms with Crippen LogP contribution in [0.15, 0.2) is 194 Å². The molecule has 0 aliphatic carbocycles. The van der Waals surface area contributed by atoms with Crippen molar-refractivity contribution in [1.82, 2.24) is 0 Å². The molecule has 8 nitrogen and oxygen atoms in total. The second-order valence-corrected chi connectivity index (χ2v) is 14.3. The molecule has 0 aromatic heterocycles. The number of ether oxygens (including phenoxy) is 4. The zero-order valence-corrected chi connectivity index (χ0v) is 33.2. The highest BCUT2D eigenvalue weighted by Crippen LogP contribution is 2.27. The molecule has 60 heavy (non-hydrogen) atoms. The Morgan fingerprint density at radius 3 is 0.717 bits per heavy atom. The summed E-state index contributed by atoms with van der Waals surface area (Å²) in [7, 11) is 0. The number of hydrogen-bond acceptors (Lipinski definition) is 8. The van der Waals surface area contributed by atoms with Crippen molar-refractivity contribution in [2.45, 2.75) is 25.7 Å². The third-order valence-electron chi connectivity index (χ3n) is 9.52. The van der Waals surface area contributed by atoms with Gasteiger partial charge in [-0.2, -0.15) is 0 Å². The summed E-state index contributed by atoms with van der Waals surface area (Å²) >= 11 is 0. The van der Waals surface area contributed by atoms with Crippen LogP contribution in [0, 0.1) is 0 Å². The predicted molar refractivity (Wildman–Crippen MR) is 244 cm³/mol. The van der Waals surface area contributed by atoms with Gasteiger partial charge in [0.25, 0.3) is 0 Å². The van der Waals surface area contributed by atoms with Gasteiger partial charge >= 0.3 is 0 Å². The van der Waals surface area contributed by atoms with Gasteiger partial charge in [-0.05, 0) is 169 Å².